The van der Waals surface area contributed by atoms with Crippen molar-refractivity contribution < 1.29 is 23.5 Å². The van der Waals surface area contributed by atoms with Crippen LogP contribution in [0.15, 0.2) is 64.6 Å². The molecule has 0 bridgehead atoms. The fraction of sp³-hybridized carbons (Fsp3) is 0.115. The molecule has 6 nitrogen and oxygen atoms in total. The number of nitrogens with one attached hydrogen (secondary N) is 1. The molecule has 0 aromatic heterocycles. The summed E-state index contributed by atoms with van der Waals surface area (Å²) in [5.74, 6) is -1.04. The number of rotatable bonds is 7. The molecule has 3 aromatic rings. The summed E-state index contributed by atoms with van der Waals surface area (Å²) in [6.45, 7) is 2.09. The normalized spacial score (nSPS) is 14.7. The van der Waals surface area contributed by atoms with Gasteiger partial charge in [0.05, 0.1) is 26.8 Å². The predicted molar refractivity (Wildman–Crippen MR) is 149 cm³/mol. The molecule has 1 aliphatic rings. The highest BCUT2D eigenvalue weighted by atomic mass is 79.9. The van der Waals surface area contributed by atoms with Gasteiger partial charge in [-0.2, -0.15) is 0 Å². The molecule has 0 spiro atoms. The molecule has 11 heteroatoms. The van der Waals surface area contributed by atoms with Crippen LogP contribution in [0, 0.1) is 5.82 Å². The summed E-state index contributed by atoms with van der Waals surface area (Å²) in [5.41, 5.74) is 0.905. The zero-order chi connectivity index (χ0) is 26.7. The molecule has 37 heavy (non-hydrogen) atoms. The standard InChI is InChI=1S/C26H18BrCl2FN2O4S/c1-2-35-21-12-14(11-17(27)23(21)36-13-15-6-3-4-8-19(15)30)10-16-24(33)31-26(37)32(25(16)34)20-9-5-7-18(28)22(20)29/h3-12H,2,13H2,1H3,(H,31,33,37)/b16-10+. The second kappa shape index (κ2) is 11.6. The van der Waals surface area contributed by atoms with Gasteiger partial charge < -0.3 is 9.47 Å². The number of carbonyl (C=O) groups is 2. The third kappa shape index (κ3) is 5.80. The first-order valence-corrected chi connectivity index (χ1v) is 12.8. The number of hydrogen-bond acceptors (Lipinski definition) is 5. The van der Waals surface area contributed by atoms with Crippen molar-refractivity contribution in [1.82, 2.24) is 5.32 Å². The Labute approximate surface area is 236 Å². The van der Waals surface area contributed by atoms with Gasteiger partial charge in [-0.3, -0.25) is 19.8 Å². The van der Waals surface area contributed by atoms with E-state index in [0.717, 1.165) is 4.90 Å². The van der Waals surface area contributed by atoms with Gasteiger partial charge in [0, 0.05) is 5.56 Å². The van der Waals surface area contributed by atoms with Crippen molar-refractivity contribution in [2.45, 2.75) is 13.5 Å². The van der Waals surface area contributed by atoms with Crippen molar-refractivity contribution in [1.29, 1.82) is 0 Å². The van der Waals surface area contributed by atoms with E-state index in [1.807, 2.05) is 0 Å². The number of nitrogens with zero attached hydrogens (tertiary/aromatic N) is 1. The number of hydrogen-bond donors (Lipinski definition) is 1. The van der Waals surface area contributed by atoms with E-state index >= 15 is 0 Å². The second-order valence-corrected chi connectivity index (χ2v) is 9.70. The third-order valence-corrected chi connectivity index (χ3v) is 6.93. The van der Waals surface area contributed by atoms with Gasteiger partial charge in [0.25, 0.3) is 11.8 Å². The molecule has 0 atom stereocenters. The van der Waals surface area contributed by atoms with Gasteiger partial charge in [-0.05, 0) is 77.0 Å². The molecule has 4 rings (SSSR count). The molecule has 3 aromatic carbocycles. The van der Waals surface area contributed by atoms with Gasteiger partial charge in [0.15, 0.2) is 16.6 Å². The smallest absolute Gasteiger partial charge is 0.270 e. The number of carbonyl (C=O) groups excluding carboxylic acids is 2. The molecule has 1 heterocycles. The molecule has 0 aliphatic carbocycles. The van der Waals surface area contributed by atoms with Gasteiger partial charge in [-0.1, -0.05) is 47.5 Å². The monoisotopic (exact) mass is 622 g/mol. The molecule has 1 saturated heterocycles. The van der Waals surface area contributed by atoms with Crippen molar-refractivity contribution in [3.8, 4) is 11.5 Å². The summed E-state index contributed by atoms with van der Waals surface area (Å²) in [7, 11) is 0. The molecular formula is C26H18BrCl2FN2O4S. The minimum atomic E-state index is -0.674. The number of thiocarbonyl (C=S) groups is 1. The SMILES string of the molecule is CCOc1cc(/C=C2\C(=O)NC(=S)N(c3cccc(Cl)c3Cl)C2=O)cc(Br)c1OCc1ccccc1F. The minimum absolute atomic E-state index is 0.0283. The van der Waals surface area contributed by atoms with E-state index in [1.54, 1.807) is 55.5 Å². The van der Waals surface area contributed by atoms with Crippen LogP contribution in [0.3, 0.4) is 0 Å². The van der Waals surface area contributed by atoms with E-state index in [-0.39, 0.29) is 38.8 Å². The average molecular weight is 624 g/mol. The zero-order valence-electron chi connectivity index (χ0n) is 19.2. The van der Waals surface area contributed by atoms with Crippen LogP contribution in [-0.4, -0.2) is 23.5 Å². The van der Waals surface area contributed by atoms with Crippen molar-refractivity contribution in [3.05, 3.63) is 91.6 Å². The lowest BCUT2D eigenvalue weighted by Gasteiger charge is -2.29. The first kappa shape index (κ1) is 27.1. The maximum absolute atomic E-state index is 14.0. The molecule has 1 fully saturated rings. The van der Waals surface area contributed by atoms with E-state index in [2.05, 4.69) is 21.2 Å². The first-order chi connectivity index (χ1) is 17.7. The Morgan fingerprint density at radius 3 is 2.59 bits per heavy atom. The molecule has 2 amide bonds. The second-order valence-electron chi connectivity index (χ2n) is 7.67. The number of benzene rings is 3. The molecule has 0 saturated carbocycles. The molecular weight excluding hydrogens is 606 g/mol. The minimum Gasteiger partial charge on any atom is -0.490 e. The molecule has 1 aliphatic heterocycles. The van der Waals surface area contributed by atoms with E-state index in [1.165, 1.54) is 12.1 Å². The van der Waals surface area contributed by atoms with Gasteiger partial charge in [-0.15, -0.1) is 0 Å². The van der Waals surface area contributed by atoms with E-state index in [0.29, 0.717) is 33.7 Å². The Balaban J connectivity index is 1.69. The number of anilines is 1. The Morgan fingerprint density at radius 2 is 1.86 bits per heavy atom. The third-order valence-electron chi connectivity index (χ3n) is 5.25. The topological polar surface area (TPSA) is 67.9 Å². The number of halogens is 4. The van der Waals surface area contributed by atoms with Crippen LogP contribution in [0.2, 0.25) is 10.0 Å². The molecule has 0 unspecified atom stereocenters. The van der Waals surface area contributed by atoms with Gasteiger partial charge >= 0.3 is 0 Å². The highest BCUT2D eigenvalue weighted by molar-refractivity contribution is 9.10. The van der Waals surface area contributed by atoms with E-state index < -0.39 is 11.8 Å². The summed E-state index contributed by atoms with van der Waals surface area (Å²) in [4.78, 5) is 27.2. The number of ether oxygens (including phenoxy) is 2. The molecule has 190 valence electrons. The van der Waals surface area contributed by atoms with Crippen LogP contribution in [0.25, 0.3) is 6.08 Å². The summed E-state index contributed by atoms with van der Waals surface area (Å²) >= 11 is 21.1. The van der Waals surface area contributed by atoms with Crippen LogP contribution in [0.1, 0.15) is 18.1 Å². The van der Waals surface area contributed by atoms with Crippen molar-refractivity contribution in [2.24, 2.45) is 0 Å². The summed E-state index contributed by atoms with van der Waals surface area (Å²) in [6.07, 6.45) is 1.40. The van der Waals surface area contributed by atoms with E-state index in [9.17, 15) is 14.0 Å². The Bertz CT molecular complexity index is 1450. The van der Waals surface area contributed by atoms with Crippen molar-refractivity contribution >= 4 is 80.0 Å². The maximum Gasteiger partial charge on any atom is 0.270 e. The fourth-order valence-electron chi connectivity index (χ4n) is 3.55. The summed E-state index contributed by atoms with van der Waals surface area (Å²) < 4.78 is 26.1. The Hall–Kier alpha value is -2.98. The lowest BCUT2D eigenvalue weighted by atomic mass is 10.1. The van der Waals surface area contributed by atoms with Crippen molar-refractivity contribution in [3.63, 3.8) is 0 Å². The van der Waals surface area contributed by atoms with E-state index in [4.69, 9.17) is 44.9 Å². The fourth-order valence-corrected chi connectivity index (χ4v) is 4.78. The van der Waals surface area contributed by atoms with Gasteiger partial charge in [0.2, 0.25) is 0 Å². The zero-order valence-corrected chi connectivity index (χ0v) is 23.1. The number of amides is 2. The van der Waals surface area contributed by atoms with Crippen LogP contribution in [-0.2, 0) is 16.2 Å². The quantitative estimate of drug-likeness (QED) is 0.180. The lowest BCUT2D eigenvalue weighted by molar-refractivity contribution is -0.122. The molecule has 0 radical (unpaired) electrons. The predicted octanol–water partition coefficient (Wildman–Crippen LogP) is 6.70. The van der Waals surface area contributed by atoms with Crippen LogP contribution < -0.4 is 19.7 Å². The average Bonchev–Trinajstić information content (AvgIpc) is 2.85. The largest absolute Gasteiger partial charge is 0.490 e. The highest BCUT2D eigenvalue weighted by Gasteiger charge is 2.35. The Kier molecular flexibility index (Phi) is 8.49. The van der Waals surface area contributed by atoms with Gasteiger partial charge in [0.1, 0.15) is 18.0 Å². The van der Waals surface area contributed by atoms with Crippen LogP contribution in [0.5, 0.6) is 11.5 Å². The van der Waals surface area contributed by atoms with Crippen LogP contribution in [0.4, 0.5) is 10.1 Å². The van der Waals surface area contributed by atoms with Crippen molar-refractivity contribution in [2.75, 3.05) is 11.5 Å². The summed E-state index contributed by atoms with van der Waals surface area (Å²) in [5, 5.41) is 2.74. The molecule has 1 N–H and O–H groups in total. The lowest BCUT2D eigenvalue weighted by Crippen LogP contribution is -2.54. The maximum atomic E-state index is 14.0. The van der Waals surface area contributed by atoms with Crippen LogP contribution >= 0.6 is 51.3 Å². The summed E-state index contributed by atoms with van der Waals surface area (Å²) in [6, 6.07) is 14.3. The Morgan fingerprint density at radius 1 is 1.11 bits per heavy atom. The highest BCUT2D eigenvalue weighted by Crippen LogP contribution is 2.39. The first-order valence-electron chi connectivity index (χ1n) is 10.9. The van der Waals surface area contributed by atoms with Gasteiger partial charge in [-0.25, -0.2) is 4.39 Å².